The fourth-order valence-electron chi connectivity index (χ4n) is 17.9. The zero-order valence-electron chi connectivity index (χ0n) is 58.4. The van der Waals surface area contributed by atoms with Gasteiger partial charge in [-0.25, -0.2) is 0 Å². The first-order valence-electron chi connectivity index (χ1n) is 35.7. The van der Waals surface area contributed by atoms with Gasteiger partial charge in [-0.05, 0) is 200 Å². The van der Waals surface area contributed by atoms with Gasteiger partial charge in [-0.2, -0.15) is 0 Å². The van der Waals surface area contributed by atoms with E-state index in [2.05, 4.69) is 227 Å². The van der Waals surface area contributed by atoms with Crippen LogP contribution in [-0.4, -0.2) is 39.6 Å². The van der Waals surface area contributed by atoms with E-state index in [1.807, 2.05) is 13.8 Å². The van der Waals surface area contributed by atoms with Gasteiger partial charge in [0.2, 0.25) is 0 Å². The molecule has 0 aromatic heterocycles. The fraction of sp³-hybridized carbons (Fsp3) is 0.489. The van der Waals surface area contributed by atoms with Crippen LogP contribution in [0.2, 0.25) is 0 Å². The molecule has 0 amide bonds. The first-order chi connectivity index (χ1) is 44.4. The van der Waals surface area contributed by atoms with E-state index in [0.717, 1.165) is 11.5 Å². The van der Waals surface area contributed by atoms with Crippen LogP contribution in [0.4, 0.5) is 0 Å². The van der Waals surface area contributed by atoms with E-state index in [1.54, 1.807) is 22.3 Å². The molecule has 0 atom stereocenters. The molecule has 5 aliphatic rings. The lowest BCUT2D eigenvalue weighted by Crippen LogP contribution is -2.44. The van der Waals surface area contributed by atoms with Gasteiger partial charge in [0.1, 0.15) is 24.7 Å². The number of hydrogen-bond donors (Lipinski definition) is 0. The molecule has 0 bridgehead atoms. The largest absolute Gasteiger partial charge is 0.491 e. The van der Waals surface area contributed by atoms with Crippen molar-refractivity contribution in [3.8, 4) is 44.9 Å². The van der Waals surface area contributed by atoms with Gasteiger partial charge in [-0.3, -0.25) is 0 Å². The predicted molar refractivity (Wildman–Crippen MR) is 428 cm³/mol. The van der Waals surface area contributed by atoms with Crippen LogP contribution in [0.3, 0.4) is 0 Å². The van der Waals surface area contributed by atoms with E-state index in [0.29, 0.717) is 50.5 Å². The molecule has 0 saturated heterocycles. The van der Waals surface area contributed by atoms with Crippen LogP contribution < -0.4 is 9.47 Å². The average molecular weight is 1330 g/mol. The molecule has 2 spiro atoms. The molecule has 5 aliphatic carbocycles. The molecule has 2 fully saturated rings. The van der Waals surface area contributed by atoms with Crippen molar-refractivity contribution in [1.82, 2.24) is 0 Å². The molecule has 0 N–H and O–H groups in total. The normalized spacial score (nSPS) is 16.7. The predicted octanol–water partition coefficient (Wildman–Crippen LogP) is 27.2. The molecule has 98 heavy (non-hydrogen) atoms. The minimum Gasteiger partial charge on any atom is -0.491 e. The summed E-state index contributed by atoms with van der Waals surface area (Å²) in [7, 11) is 0. The maximum atomic E-state index is 5.96. The van der Waals surface area contributed by atoms with Crippen molar-refractivity contribution < 1.29 is 18.9 Å². The van der Waals surface area contributed by atoms with Crippen LogP contribution in [0, 0.1) is 52.4 Å². The Balaban J connectivity index is 0.000000265. The molecular formula is C94H132O4. The highest BCUT2D eigenvalue weighted by Crippen LogP contribution is 2.64. The third-order valence-corrected chi connectivity index (χ3v) is 21.2. The lowest BCUT2D eigenvalue weighted by atomic mass is 9.52. The van der Waals surface area contributed by atoms with Crippen molar-refractivity contribution in [1.29, 1.82) is 0 Å². The lowest BCUT2D eigenvalue weighted by Gasteiger charge is -2.52. The molecule has 532 valence electrons. The zero-order chi connectivity index (χ0) is 64.7. The van der Waals surface area contributed by atoms with E-state index in [1.165, 1.54) is 198 Å². The SMILES string of the molecule is C.C.C.C.C.C.CCOCCOc1ccc(C2(c3ccc(OCCOCC)cc3)c3cc(C)ccc3-c3ccc(C)cc32)cc1.Cc1ccc2c(c1)C1(CC(C)(C)CC(C)(C)C1)c1cc(C)ccc1-2.Cc1ccc2c(c1)C1(CCCCCCCCCCCCCC1)c1cc(C)ccc1-2. The van der Waals surface area contributed by atoms with Gasteiger partial charge in [0.05, 0.1) is 18.6 Å². The Bertz CT molecular complexity index is 3550. The Morgan fingerprint density at radius 2 is 0.541 bits per heavy atom. The van der Waals surface area contributed by atoms with Crippen molar-refractivity contribution in [2.75, 3.05) is 39.6 Å². The Hall–Kier alpha value is -6.72. The Labute approximate surface area is 599 Å². The molecule has 0 heterocycles. The van der Waals surface area contributed by atoms with Crippen LogP contribution in [0.25, 0.3) is 33.4 Å². The average Bonchev–Trinajstić information content (AvgIpc) is 1.54. The second-order valence-electron chi connectivity index (χ2n) is 29.9. The van der Waals surface area contributed by atoms with Gasteiger partial charge in [-0.1, -0.05) is 316 Å². The highest BCUT2D eigenvalue weighted by molar-refractivity contribution is 5.87. The molecule has 4 heteroatoms. The number of ether oxygens (including phenoxy) is 4. The Morgan fingerprint density at radius 3 is 0.827 bits per heavy atom. The van der Waals surface area contributed by atoms with Gasteiger partial charge in [-0.15, -0.1) is 0 Å². The van der Waals surface area contributed by atoms with Crippen LogP contribution in [0.5, 0.6) is 11.5 Å². The highest BCUT2D eigenvalue weighted by Gasteiger charge is 2.53. The number of aryl methyl sites for hydroxylation is 6. The van der Waals surface area contributed by atoms with Crippen LogP contribution >= 0.6 is 0 Å². The monoisotopic (exact) mass is 1330 g/mol. The first-order valence-corrected chi connectivity index (χ1v) is 35.7. The van der Waals surface area contributed by atoms with Crippen molar-refractivity contribution >= 4 is 0 Å². The third-order valence-electron chi connectivity index (χ3n) is 21.2. The third kappa shape index (κ3) is 17.3. The quantitative estimate of drug-likeness (QED) is 0.114. The van der Waals surface area contributed by atoms with E-state index in [9.17, 15) is 0 Å². The topological polar surface area (TPSA) is 36.9 Å². The smallest absolute Gasteiger partial charge is 0.119 e. The summed E-state index contributed by atoms with van der Waals surface area (Å²) >= 11 is 0. The van der Waals surface area contributed by atoms with E-state index < -0.39 is 5.41 Å². The highest BCUT2D eigenvalue weighted by atomic mass is 16.5. The van der Waals surface area contributed by atoms with E-state index in [-0.39, 0.29) is 55.4 Å². The van der Waals surface area contributed by atoms with Crippen molar-refractivity contribution in [2.45, 2.75) is 253 Å². The van der Waals surface area contributed by atoms with Crippen molar-refractivity contribution in [2.24, 2.45) is 10.8 Å². The maximum absolute atomic E-state index is 5.96. The second-order valence-corrected chi connectivity index (χ2v) is 29.9. The molecule has 4 nitrogen and oxygen atoms in total. The van der Waals surface area contributed by atoms with Gasteiger partial charge in [0.15, 0.2) is 0 Å². The number of fused-ring (bicyclic) bond motifs is 13. The maximum Gasteiger partial charge on any atom is 0.119 e. The molecule has 0 radical (unpaired) electrons. The van der Waals surface area contributed by atoms with Crippen molar-refractivity contribution in [3.05, 3.63) is 236 Å². The lowest BCUT2D eigenvalue weighted by molar-refractivity contribution is 0.0645. The number of rotatable bonds is 12. The van der Waals surface area contributed by atoms with Gasteiger partial charge in [0, 0.05) is 24.0 Å². The summed E-state index contributed by atoms with van der Waals surface area (Å²) in [5.41, 5.74) is 28.9. The summed E-state index contributed by atoms with van der Waals surface area (Å²) in [5.74, 6) is 1.69. The van der Waals surface area contributed by atoms with Crippen LogP contribution in [0.15, 0.2) is 158 Å². The number of hydrogen-bond acceptors (Lipinski definition) is 4. The molecule has 8 aromatic carbocycles. The number of benzene rings is 8. The van der Waals surface area contributed by atoms with Gasteiger partial charge in [0.25, 0.3) is 0 Å². The Kier molecular flexibility index (Phi) is 29.7. The summed E-state index contributed by atoms with van der Waals surface area (Å²) in [6.45, 7) is 30.9. The second kappa shape index (κ2) is 35.5. The summed E-state index contributed by atoms with van der Waals surface area (Å²) in [5, 5.41) is 0. The zero-order valence-corrected chi connectivity index (χ0v) is 58.4. The van der Waals surface area contributed by atoms with Crippen LogP contribution in [0.1, 0.15) is 273 Å². The molecule has 8 aromatic rings. The fourth-order valence-corrected chi connectivity index (χ4v) is 17.9. The molecular weight excluding hydrogens is 1190 g/mol. The van der Waals surface area contributed by atoms with E-state index >= 15 is 0 Å². The minimum absolute atomic E-state index is 0. The van der Waals surface area contributed by atoms with Gasteiger partial charge < -0.3 is 18.9 Å². The van der Waals surface area contributed by atoms with Gasteiger partial charge >= 0.3 is 0 Å². The molecule has 2 saturated carbocycles. The standard InChI is InChI=1S/C35H38O4.C29H40.C24H30.6CH4/c1-5-36-19-21-38-29-13-9-27(10-14-29)35(28-11-15-30(16-12-28)39-22-20-37-6-2)33-23-25(3)7-17-31(33)32-18-8-26(4)24-34(32)35;1-23-15-17-25-26-18-16-24(2)22-28(26)29(27(25)21-23)19-13-11-9-7-5-3-4-6-8-10-12-14-20-29;1-16-7-9-18-19-10-8-17(2)12-21(19)24(20(18)11-16)14-22(3,4)13-23(5,6)15-24;;;;;;/h7-18,23-24H,5-6,19-22H2,1-4H3;15-18,21-22H,3-14,19-20H2,1-2H3;7-12H,13-15H2,1-6H3;6*1H4. The molecule has 0 aliphatic heterocycles. The van der Waals surface area contributed by atoms with Crippen LogP contribution in [-0.2, 0) is 25.7 Å². The summed E-state index contributed by atoms with van der Waals surface area (Å²) < 4.78 is 22.8. The van der Waals surface area contributed by atoms with Crippen molar-refractivity contribution in [3.63, 3.8) is 0 Å². The molecule has 0 unspecified atom stereocenters. The van der Waals surface area contributed by atoms with E-state index in [4.69, 9.17) is 18.9 Å². The summed E-state index contributed by atoms with van der Waals surface area (Å²) in [4.78, 5) is 0. The molecule has 13 rings (SSSR count). The summed E-state index contributed by atoms with van der Waals surface area (Å²) in [6, 6.07) is 59.6. The first kappa shape index (κ1) is 82.0. The Morgan fingerprint density at radius 1 is 0.286 bits per heavy atom. The summed E-state index contributed by atoms with van der Waals surface area (Å²) in [6.07, 6.45) is 23.6. The minimum atomic E-state index is -0.462.